The van der Waals surface area contributed by atoms with Gasteiger partial charge < -0.3 is 9.47 Å². The molecule has 0 spiro atoms. The molecule has 114 valence electrons. The van der Waals surface area contributed by atoms with Gasteiger partial charge in [0.15, 0.2) is 0 Å². The van der Waals surface area contributed by atoms with E-state index in [-0.39, 0.29) is 0 Å². The molecule has 0 aliphatic rings. The summed E-state index contributed by atoms with van der Waals surface area (Å²) >= 11 is 0. The van der Waals surface area contributed by atoms with Crippen molar-refractivity contribution in [2.45, 2.75) is 6.92 Å². The fourth-order valence-corrected chi connectivity index (χ4v) is 2.09. The Morgan fingerprint density at radius 1 is 0.696 bits per heavy atom. The molecule has 3 nitrogen and oxygen atoms in total. The minimum absolute atomic E-state index is 0.619. The van der Waals surface area contributed by atoms with Gasteiger partial charge in [-0.1, -0.05) is 23.8 Å². The van der Waals surface area contributed by atoms with E-state index in [1.54, 1.807) is 24.3 Å². The molecule has 0 bridgehead atoms. The molecule has 0 heterocycles. The van der Waals surface area contributed by atoms with Gasteiger partial charge >= 0.3 is 0 Å². The summed E-state index contributed by atoms with van der Waals surface area (Å²) in [5, 5.41) is 0. The molecular formula is C20H16O3. The Bertz CT molecular complexity index is 790. The van der Waals surface area contributed by atoms with Crippen LogP contribution in [-0.2, 0) is 0 Å². The van der Waals surface area contributed by atoms with Gasteiger partial charge in [-0.15, -0.1) is 0 Å². The van der Waals surface area contributed by atoms with Crippen molar-refractivity contribution < 1.29 is 14.3 Å². The van der Waals surface area contributed by atoms with Gasteiger partial charge in [0.2, 0.25) is 0 Å². The van der Waals surface area contributed by atoms with Crippen LogP contribution in [0, 0.1) is 6.92 Å². The van der Waals surface area contributed by atoms with E-state index in [4.69, 9.17) is 9.47 Å². The van der Waals surface area contributed by atoms with Gasteiger partial charge in [0.25, 0.3) is 0 Å². The molecule has 0 unspecified atom stereocenters. The maximum atomic E-state index is 10.7. The zero-order valence-corrected chi connectivity index (χ0v) is 12.7. The monoisotopic (exact) mass is 304 g/mol. The molecule has 0 saturated heterocycles. The second-order valence-corrected chi connectivity index (χ2v) is 5.18. The highest BCUT2D eigenvalue weighted by Crippen LogP contribution is 2.28. The van der Waals surface area contributed by atoms with Crippen LogP contribution < -0.4 is 9.47 Å². The highest BCUT2D eigenvalue weighted by molar-refractivity contribution is 5.74. The number of carbonyl (C=O) groups is 1. The van der Waals surface area contributed by atoms with E-state index in [1.165, 1.54) is 5.56 Å². The van der Waals surface area contributed by atoms with Gasteiger partial charge in [-0.2, -0.15) is 0 Å². The number of hydrogen-bond acceptors (Lipinski definition) is 3. The zero-order valence-electron chi connectivity index (χ0n) is 12.7. The fraction of sp³-hybridized carbons (Fsp3) is 0.0500. The number of aldehydes is 1. The Morgan fingerprint density at radius 2 is 1.22 bits per heavy atom. The molecule has 3 rings (SSSR count). The van der Waals surface area contributed by atoms with Crippen LogP contribution in [0.2, 0.25) is 0 Å². The average molecular weight is 304 g/mol. The van der Waals surface area contributed by atoms with Crippen molar-refractivity contribution in [3.05, 3.63) is 83.9 Å². The van der Waals surface area contributed by atoms with E-state index in [2.05, 4.69) is 0 Å². The zero-order chi connectivity index (χ0) is 16.1. The molecule has 3 aromatic carbocycles. The van der Waals surface area contributed by atoms with E-state index < -0.39 is 0 Å². The van der Waals surface area contributed by atoms with Crippen LogP contribution in [0.5, 0.6) is 23.0 Å². The van der Waals surface area contributed by atoms with Crippen LogP contribution in [0.3, 0.4) is 0 Å². The quantitative estimate of drug-likeness (QED) is 0.593. The molecule has 3 heteroatoms. The molecule has 0 fully saturated rings. The normalized spacial score (nSPS) is 10.1. The SMILES string of the molecule is Cc1ccc(Oc2cccc(Oc3ccc(C=O)cc3)c2)cc1. The summed E-state index contributed by atoms with van der Waals surface area (Å²) in [6, 6.07) is 22.3. The lowest BCUT2D eigenvalue weighted by Crippen LogP contribution is -1.88. The maximum absolute atomic E-state index is 10.7. The topological polar surface area (TPSA) is 35.5 Å². The van der Waals surface area contributed by atoms with Crippen molar-refractivity contribution in [2.24, 2.45) is 0 Å². The molecule has 0 amide bonds. The molecule has 0 atom stereocenters. The minimum atomic E-state index is 0.619. The van der Waals surface area contributed by atoms with Crippen LogP contribution in [-0.4, -0.2) is 6.29 Å². The van der Waals surface area contributed by atoms with Crippen molar-refractivity contribution in [1.82, 2.24) is 0 Å². The van der Waals surface area contributed by atoms with E-state index in [1.807, 2.05) is 55.5 Å². The van der Waals surface area contributed by atoms with Crippen molar-refractivity contribution >= 4 is 6.29 Å². The third-order valence-electron chi connectivity index (χ3n) is 3.31. The Hall–Kier alpha value is -3.07. The van der Waals surface area contributed by atoms with Crippen LogP contribution in [0.25, 0.3) is 0 Å². The summed E-state index contributed by atoms with van der Waals surface area (Å²) in [6.07, 6.45) is 0.805. The lowest BCUT2D eigenvalue weighted by atomic mass is 10.2. The molecule has 23 heavy (non-hydrogen) atoms. The molecule has 0 aliphatic carbocycles. The number of carbonyl (C=O) groups excluding carboxylic acids is 1. The Morgan fingerprint density at radius 3 is 1.74 bits per heavy atom. The van der Waals surface area contributed by atoms with E-state index >= 15 is 0 Å². The largest absolute Gasteiger partial charge is 0.457 e. The van der Waals surface area contributed by atoms with Gasteiger partial charge in [-0.25, -0.2) is 0 Å². The Balaban J connectivity index is 1.73. The second-order valence-electron chi connectivity index (χ2n) is 5.18. The molecule has 0 radical (unpaired) electrons. The molecular weight excluding hydrogens is 288 g/mol. The van der Waals surface area contributed by atoms with Crippen LogP contribution in [0.4, 0.5) is 0 Å². The summed E-state index contributed by atoms with van der Waals surface area (Å²) < 4.78 is 11.6. The lowest BCUT2D eigenvalue weighted by Gasteiger charge is -2.09. The first-order chi connectivity index (χ1) is 11.2. The number of benzene rings is 3. The first-order valence-electron chi connectivity index (χ1n) is 7.30. The van der Waals surface area contributed by atoms with Crippen LogP contribution in [0.15, 0.2) is 72.8 Å². The molecule has 0 aromatic heterocycles. The van der Waals surface area contributed by atoms with E-state index in [0.717, 1.165) is 12.0 Å². The average Bonchev–Trinajstić information content (AvgIpc) is 2.58. The summed E-state index contributed by atoms with van der Waals surface area (Å²) in [7, 11) is 0. The summed E-state index contributed by atoms with van der Waals surface area (Å²) in [5.74, 6) is 2.83. The van der Waals surface area contributed by atoms with E-state index in [9.17, 15) is 4.79 Å². The smallest absolute Gasteiger partial charge is 0.150 e. The summed E-state index contributed by atoms with van der Waals surface area (Å²) in [5.41, 5.74) is 1.81. The number of aryl methyl sites for hydroxylation is 1. The molecule has 0 aliphatic heterocycles. The third kappa shape index (κ3) is 3.98. The first kappa shape index (κ1) is 14.9. The maximum Gasteiger partial charge on any atom is 0.150 e. The van der Waals surface area contributed by atoms with Crippen molar-refractivity contribution in [2.75, 3.05) is 0 Å². The van der Waals surface area contributed by atoms with Gasteiger partial charge in [0, 0.05) is 11.6 Å². The van der Waals surface area contributed by atoms with Crippen molar-refractivity contribution in [3.63, 3.8) is 0 Å². The third-order valence-corrected chi connectivity index (χ3v) is 3.31. The molecule has 0 saturated carbocycles. The van der Waals surface area contributed by atoms with Gasteiger partial charge in [-0.05, 0) is 55.5 Å². The highest BCUT2D eigenvalue weighted by atomic mass is 16.5. The van der Waals surface area contributed by atoms with Gasteiger partial charge in [0.1, 0.15) is 29.3 Å². The van der Waals surface area contributed by atoms with Crippen molar-refractivity contribution in [3.8, 4) is 23.0 Å². The van der Waals surface area contributed by atoms with Crippen LogP contribution >= 0.6 is 0 Å². The number of hydrogen-bond donors (Lipinski definition) is 0. The number of rotatable bonds is 5. The Kier molecular flexibility index (Phi) is 4.39. The summed E-state index contributed by atoms with van der Waals surface area (Å²) in [6.45, 7) is 2.04. The standard InChI is InChI=1S/C20H16O3/c1-15-5-9-17(10-6-15)22-19-3-2-4-20(13-19)23-18-11-7-16(14-21)8-12-18/h2-14H,1H3. The highest BCUT2D eigenvalue weighted by Gasteiger charge is 2.02. The van der Waals surface area contributed by atoms with Crippen molar-refractivity contribution in [1.29, 1.82) is 0 Å². The van der Waals surface area contributed by atoms with Gasteiger partial charge in [0.05, 0.1) is 0 Å². The predicted octanol–water partition coefficient (Wildman–Crippen LogP) is 5.39. The first-order valence-corrected chi connectivity index (χ1v) is 7.30. The fourth-order valence-electron chi connectivity index (χ4n) is 2.09. The van der Waals surface area contributed by atoms with Crippen LogP contribution in [0.1, 0.15) is 15.9 Å². The predicted molar refractivity (Wildman–Crippen MR) is 89.6 cm³/mol. The lowest BCUT2D eigenvalue weighted by molar-refractivity contribution is 0.112. The molecule has 0 N–H and O–H groups in total. The molecule has 3 aromatic rings. The minimum Gasteiger partial charge on any atom is -0.457 e. The van der Waals surface area contributed by atoms with E-state index in [0.29, 0.717) is 22.8 Å². The Labute approximate surface area is 135 Å². The van der Waals surface area contributed by atoms with Gasteiger partial charge in [-0.3, -0.25) is 4.79 Å². The number of ether oxygens (including phenoxy) is 2. The summed E-state index contributed by atoms with van der Waals surface area (Å²) in [4.78, 5) is 10.7. The second kappa shape index (κ2) is 6.79.